The van der Waals surface area contributed by atoms with Crippen LogP contribution in [0.4, 0.5) is 4.79 Å². The number of alkyl carbamates (subject to hydrolysis) is 1. The van der Waals surface area contributed by atoms with Crippen LogP contribution in [0.5, 0.6) is 0 Å². The predicted octanol–water partition coefficient (Wildman–Crippen LogP) is 5.14. The summed E-state index contributed by atoms with van der Waals surface area (Å²) in [6.07, 6.45) is 2.20. The van der Waals surface area contributed by atoms with Crippen LogP contribution in [0, 0.1) is 25.2 Å². The Labute approximate surface area is 232 Å². The zero-order valence-corrected chi connectivity index (χ0v) is 24.0. The number of nitrogens with one attached hydrogen (secondary N) is 2. The molecule has 0 radical (unpaired) electrons. The number of nitriles is 1. The van der Waals surface area contributed by atoms with Gasteiger partial charge < -0.3 is 20.3 Å². The summed E-state index contributed by atoms with van der Waals surface area (Å²) in [5.74, 6) is -0.903. The lowest BCUT2D eigenvalue weighted by molar-refractivity contribution is -0.141. The van der Waals surface area contributed by atoms with Crippen molar-refractivity contribution in [2.75, 3.05) is 13.1 Å². The van der Waals surface area contributed by atoms with E-state index in [1.807, 2.05) is 62.4 Å². The van der Waals surface area contributed by atoms with E-state index in [1.165, 1.54) is 4.90 Å². The number of carbonyl (C=O) groups excluding carboxylic acids is 3. The Morgan fingerprint density at radius 1 is 1.03 bits per heavy atom. The van der Waals surface area contributed by atoms with Crippen LogP contribution in [0.25, 0.3) is 0 Å². The van der Waals surface area contributed by atoms with Gasteiger partial charge in [-0.1, -0.05) is 68.3 Å². The third kappa shape index (κ3) is 9.75. The van der Waals surface area contributed by atoms with Gasteiger partial charge in [0.15, 0.2) is 0 Å². The van der Waals surface area contributed by atoms with Crippen molar-refractivity contribution < 1.29 is 19.1 Å². The molecule has 8 nitrogen and oxygen atoms in total. The Kier molecular flexibility index (Phi) is 12.0. The highest BCUT2D eigenvalue weighted by Crippen LogP contribution is 2.27. The lowest BCUT2D eigenvalue weighted by Gasteiger charge is -2.34. The molecule has 8 heteroatoms. The molecule has 2 aromatic rings. The van der Waals surface area contributed by atoms with Crippen LogP contribution in [-0.4, -0.2) is 47.5 Å². The number of ether oxygens (including phenoxy) is 1. The SMILES string of the molecule is CCCCCNC(=O)C(c1cccc(C)c1C)N(CC#N)C(=O)C(Cc1ccccc1)NC(=O)OC(C)(C)C. The summed E-state index contributed by atoms with van der Waals surface area (Å²) in [6, 6.07) is 14.8. The Hall–Kier alpha value is -3.86. The van der Waals surface area contributed by atoms with Gasteiger partial charge in [0.25, 0.3) is 0 Å². The van der Waals surface area contributed by atoms with Crippen molar-refractivity contribution in [1.29, 1.82) is 5.26 Å². The van der Waals surface area contributed by atoms with Crippen molar-refractivity contribution in [2.24, 2.45) is 0 Å². The molecule has 2 unspecified atom stereocenters. The molecule has 2 rings (SSSR count). The first kappa shape index (κ1) is 31.4. The van der Waals surface area contributed by atoms with Crippen LogP contribution in [0.15, 0.2) is 48.5 Å². The van der Waals surface area contributed by atoms with Crippen molar-refractivity contribution >= 4 is 17.9 Å². The first-order valence-electron chi connectivity index (χ1n) is 13.5. The van der Waals surface area contributed by atoms with Crippen LogP contribution in [0.3, 0.4) is 0 Å². The van der Waals surface area contributed by atoms with Gasteiger partial charge in [0, 0.05) is 13.0 Å². The zero-order chi connectivity index (χ0) is 29.0. The van der Waals surface area contributed by atoms with E-state index >= 15 is 0 Å². The van der Waals surface area contributed by atoms with Gasteiger partial charge in [0.2, 0.25) is 11.8 Å². The lowest BCUT2D eigenvalue weighted by atomic mass is 9.94. The number of aryl methyl sites for hydroxylation is 1. The number of unbranched alkanes of at least 4 members (excludes halogenated alkanes) is 2. The van der Waals surface area contributed by atoms with E-state index in [-0.39, 0.29) is 18.9 Å². The number of hydrogen-bond acceptors (Lipinski definition) is 5. The number of benzene rings is 2. The fourth-order valence-electron chi connectivity index (χ4n) is 4.28. The fraction of sp³-hybridized carbons (Fsp3) is 0.484. The lowest BCUT2D eigenvalue weighted by Crippen LogP contribution is -2.54. The minimum atomic E-state index is -1.06. The second kappa shape index (κ2) is 14.9. The van der Waals surface area contributed by atoms with E-state index < -0.39 is 29.7 Å². The van der Waals surface area contributed by atoms with Crippen molar-refractivity contribution in [3.63, 3.8) is 0 Å². The van der Waals surface area contributed by atoms with Crippen LogP contribution in [0.2, 0.25) is 0 Å². The van der Waals surface area contributed by atoms with Crippen LogP contribution < -0.4 is 10.6 Å². The topological polar surface area (TPSA) is 112 Å². The maximum absolute atomic E-state index is 14.2. The second-order valence-electron chi connectivity index (χ2n) is 10.7. The summed E-state index contributed by atoms with van der Waals surface area (Å²) < 4.78 is 5.43. The van der Waals surface area contributed by atoms with E-state index in [0.717, 1.165) is 36.0 Å². The third-order valence-electron chi connectivity index (χ3n) is 6.38. The summed E-state index contributed by atoms with van der Waals surface area (Å²) in [6.45, 7) is 11.3. The average Bonchev–Trinajstić information content (AvgIpc) is 2.87. The fourth-order valence-corrected chi connectivity index (χ4v) is 4.28. The number of amides is 3. The minimum Gasteiger partial charge on any atom is -0.444 e. The summed E-state index contributed by atoms with van der Waals surface area (Å²) in [7, 11) is 0. The Morgan fingerprint density at radius 2 is 1.72 bits per heavy atom. The summed E-state index contributed by atoms with van der Waals surface area (Å²) in [5.41, 5.74) is 2.52. The second-order valence-corrected chi connectivity index (χ2v) is 10.7. The number of rotatable bonds is 12. The van der Waals surface area contributed by atoms with Crippen molar-refractivity contribution in [3.05, 3.63) is 70.8 Å². The molecule has 0 saturated heterocycles. The van der Waals surface area contributed by atoms with Gasteiger partial charge in [0.05, 0.1) is 6.07 Å². The first-order chi connectivity index (χ1) is 18.5. The normalized spacial score (nSPS) is 12.5. The van der Waals surface area contributed by atoms with Gasteiger partial charge in [-0.25, -0.2) is 4.79 Å². The largest absolute Gasteiger partial charge is 0.444 e. The summed E-state index contributed by atoms with van der Waals surface area (Å²) in [4.78, 5) is 41.8. The predicted molar refractivity (Wildman–Crippen MR) is 152 cm³/mol. The highest BCUT2D eigenvalue weighted by atomic mass is 16.6. The number of hydrogen-bond donors (Lipinski definition) is 2. The molecule has 0 spiro atoms. The molecule has 0 aliphatic rings. The molecule has 2 atom stereocenters. The molecular weight excluding hydrogens is 492 g/mol. The van der Waals surface area contributed by atoms with Crippen LogP contribution in [-0.2, 0) is 20.7 Å². The van der Waals surface area contributed by atoms with Gasteiger partial charge in [-0.3, -0.25) is 9.59 Å². The van der Waals surface area contributed by atoms with Gasteiger partial charge in [-0.2, -0.15) is 5.26 Å². The monoisotopic (exact) mass is 534 g/mol. The zero-order valence-electron chi connectivity index (χ0n) is 24.0. The Bertz CT molecular complexity index is 1150. The van der Waals surface area contributed by atoms with E-state index in [2.05, 4.69) is 23.6 Å². The van der Waals surface area contributed by atoms with Gasteiger partial charge in [0.1, 0.15) is 24.2 Å². The van der Waals surface area contributed by atoms with Gasteiger partial charge in [-0.05, 0) is 63.3 Å². The molecule has 0 heterocycles. The molecule has 210 valence electrons. The minimum absolute atomic E-state index is 0.165. The summed E-state index contributed by atoms with van der Waals surface area (Å²) in [5, 5.41) is 15.4. The van der Waals surface area contributed by atoms with Gasteiger partial charge in [-0.15, -0.1) is 0 Å². The average molecular weight is 535 g/mol. The molecule has 0 saturated carbocycles. The molecule has 2 aromatic carbocycles. The molecular formula is C31H42N4O4. The highest BCUT2D eigenvalue weighted by Gasteiger charge is 2.37. The van der Waals surface area contributed by atoms with Crippen molar-refractivity contribution in [1.82, 2.24) is 15.5 Å². The van der Waals surface area contributed by atoms with E-state index in [4.69, 9.17) is 4.74 Å². The Morgan fingerprint density at radius 3 is 2.33 bits per heavy atom. The molecule has 2 N–H and O–H groups in total. The van der Waals surface area contributed by atoms with Gasteiger partial charge >= 0.3 is 6.09 Å². The summed E-state index contributed by atoms with van der Waals surface area (Å²) >= 11 is 0. The Balaban J connectivity index is 2.52. The molecule has 0 fully saturated rings. The van der Waals surface area contributed by atoms with E-state index in [0.29, 0.717) is 12.1 Å². The van der Waals surface area contributed by atoms with Crippen LogP contribution in [0.1, 0.15) is 75.3 Å². The van der Waals surface area contributed by atoms with E-state index in [9.17, 15) is 19.6 Å². The molecule has 0 aromatic heterocycles. The first-order valence-corrected chi connectivity index (χ1v) is 13.5. The number of carbonyl (C=O) groups is 3. The molecule has 3 amide bonds. The van der Waals surface area contributed by atoms with Crippen molar-refractivity contribution in [3.8, 4) is 6.07 Å². The van der Waals surface area contributed by atoms with Crippen LogP contribution >= 0.6 is 0 Å². The highest BCUT2D eigenvalue weighted by molar-refractivity contribution is 5.92. The molecule has 39 heavy (non-hydrogen) atoms. The smallest absolute Gasteiger partial charge is 0.408 e. The van der Waals surface area contributed by atoms with E-state index in [1.54, 1.807) is 20.8 Å². The maximum atomic E-state index is 14.2. The van der Waals surface area contributed by atoms with Crippen molar-refractivity contribution in [2.45, 2.75) is 84.9 Å². The third-order valence-corrected chi connectivity index (χ3v) is 6.38. The molecule has 0 aliphatic carbocycles. The molecule has 0 bridgehead atoms. The quantitative estimate of drug-likeness (QED) is 0.289. The standard InChI is InChI=1S/C31H42N4O4/c1-7-8-12-19-33-28(36)27(25-17-13-14-22(2)23(25)3)35(20-18-32)29(37)26(21-24-15-10-9-11-16-24)34-30(38)39-31(4,5)6/h9-11,13-17,26-27H,7-8,12,19-21H2,1-6H3,(H,33,36)(H,34,38). The maximum Gasteiger partial charge on any atom is 0.408 e. The number of nitrogens with zero attached hydrogens (tertiary/aromatic N) is 2. The molecule has 0 aliphatic heterocycles.